The number of anilines is 1. The molecule has 9 heteroatoms. The van der Waals surface area contributed by atoms with Gasteiger partial charge in [-0.2, -0.15) is 5.26 Å². The molecule has 0 saturated carbocycles. The van der Waals surface area contributed by atoms with E-state index >= 15 is 0 Å². The lowest BCUT2D eigenvalue weighted by molar-refractivity contribution is -0.116. The molecule has 0 bridgehead atoms. The molecule has 0 fully saturated rings. The fraction of sp³-hybridized carbons (Fsp3) is 0.182. The van der Waals surface area contributed by atoms with Crippen LogP contribution in [0.4, 0.5) is 5.82 Å². The summed E-state index contributed by atoms with van der Waals surface area (Å²) in [4.78, 5) is 15.8. The molecule has 0 aliphatic rings. The summed E-state index contributed by atoms with van der Waals surface area (Å²) in [5.74, 6) is -0.144. The molecule has 0 atom stereocenters. The van der Waals surface area contributed by atoms with Crippen LogP contribution in [-0.2, 0) is 11.3 Å². The zero-order chi connectivity index (χ0) is 14.7. The third kappa shape index (κ3) is 2.87. The molecule has 2 aromatic heterocycles. The molecular formula is C11H8Cl2N6O. The van der Waals surface area contributed by atoms with Crippen molar-refractivity contribution in [2.45, 2.75) is 13.5 Å². The zero-order valence-corrected chi connectivity index (χ0v) is 11.8. The molecule has 1 amide bonds. The average molecular weight is 311 g/mol. The van der Waals surface area contributed by atoms with E-state index in [9.17, 15) is 4.79 Å². The number of pyridine rings is 1. The van der Waals surface area contributed by atoms with E-state index in [0.29, 0.717) is 10.6 Å². The summed E-state index contributed by atoms with van der Waals surface area (Å²) in [6.45, 7) is 1.60. The van der Waals surface area contributed by atoms with E-state index in [1.165, 1.54) is 17.1 Å². The first-order valence-corrected chi connectivity index (χ1v) is 6.17. The molecular weight excluding hydrogens is 303 g/mol. The molecule has 102 valence electrons. The predicted octanol–water partition coefficient (Wildman–Crippen LogP) is 1.80. The highest BCUT2D eigenvalue weighted by atomic mass is 35.5. The van der Waals surface area contributed by atoms with Gasteiger partial charge in [0.1, 0.15) is 18.9 Å². The first-order valence-electron chi connectivity index (χ1n) is 5.41. The third-order valence-electron chi connectivity index (χ3n) is 2.49. The number of carbonyl (C=O) groups excluding carboxylic acids is 1. The molecule has 2 aromatic rings. The van der Waals surface area contributed by atoms with E-state index in [2.05, 4.69) is 20.5 Å². The molecule has 0 aliphatic carbocycles. The smallest absolute Gasteiger partial charge is 0.245 e. The van der Waals surface area contributed by atoms with E-state index in [0.717, 1.165) is 0 Å². The Kier molecular flexibility index (Phi) is 4.17. The van der Waals surface area contributed by atoms with Gasteiger partial charge < -0.3 is 5.32 Å². The fourth-order valence-electron chi connectivity index (χ4n) is 1.43. The Labute approximate surface area is 124 Å². The molecule has 0 radical (unpaired) electrons. The number of rotatable bonds is 3. The minimum atomic E-state index is -0.405. The van der Waals surface area contributed by atoms with Gasteiger partial charge in [0.15, 0.2) is 5.82 Å². The highest BCUT2D eigenvalue weighted by Crippen LogP contribution is 2.28. The lowest BCUT2D eigenvalue weighted by Gasteiger charge is -2.09. The Balaban J connectivity index is 2.13. The van der Waals surface area contributed by atoms with Crippen molar-refractivity contribution in [2.24, 2.45) is 0 Å². The van der Waals surface area contributed by atoms with Crippen LogP contribution in [0.3, 0.4) is 0 Å². The Bertz CT molecular complexity index is 705. The number of nitriles is 1. The lowest BCUT2D eigenvalue weighted by Crippen LogP contribution is -2.20. The topological polar surface area (TPSA) is 96.5 Å². The molecule has 0 aromatic carbocycles. The van der Waals surface area contributed by atoms with Crippen molar-refractivity contribution >= 4 is 34.9 Å². The second-order valence-electron chi connectivity index (χ2n) is 3.84. The summed E-state index contributed by atoms with van der Waals surface area (Å²) >= 11 is 11.9. The number of carbonyl (C=O) groups is 1. The van der Waals surface area contributed by atoms with Crippen LogP contribution in [-0.4, -0.2) is 25.7 Å². The summed E-state index contributed by atoms with van der Waals surface area (Å²) in [6.07, 6.45) is 2.69. The number of hydrogen-bond donors (Lipinski definition) is 1. The number of nitrogens with one attached hydrogen (secondary N) is 1. The maximum atomic E-state index is 11.9. The van der Waals surface area contributed by atoms with Gasteiger partial charge in [0.05, 0.1) is 10.0 Å². The molecule has 2 rings (SSSR count). The molecule has 0 saturated heterocycles. The van der Waals surface area contributed by atoms with E-state index in [1.807, 2.05) is 6.07 Å². The van der Waals surface area contributed by atoms with Crippen LogP contribution in [0.5, 0.6) is 0 Å². The van der Waals surface area contributed by atoms with Gasteiger partial charge in [-0.1, -0.05) is 23.2 Å². The minimum absolute atomic E-state index is 0.0477. The first kappa shape index (κ1) is 14.2. The van der Waals surface area contributed by atoms with Gasteiger partial charge in [-0.3, -0.25) is 9.36 Å². The van der Waals surface area contributed by atoms with Crippen LogP contribution < -0.4 is 5.32 Å². The number of aromatic nitrogens is 4. The quantitative estimate of drug-likeness (QED) is 0.932. The normalized spacial score (nSPS) is 10.1. The van der Waals surface area contributed by atoms with Crippen LogP contribution in [0, 0.1) is 18.3 Å². The number of halogens is 2. The van der Waals surface area contributed by atoms with E-state index in [4.69, 9.17) is 28.5 Å². The zero-order valence-electron chi connectivity index (χ0n) is 10.3. The summed E-state index contributed by atoms with van der Waals surface area (Å²) in [5.41, 5.74) is 0.626. The largest absolute Gasteiger partial charge is 0.308 e. The van der Waals surface area contributed by atoms with E-state index in [-0.39, 0.29) is 23.2 Å². The average Bonchev–Trinajstić information content (AvgIpc) is 2.86. The highest BCUT2D eigenvalue weighted by Gasteiger charge is 2.13. The van der Waals surface area contributed by atoms with Crippen molar-refractivity contribution in [3.63, 3.8) is 0 Å². The van der Waals surface area contributed by atoms with Gasteiger partial charge in [-0.25, -0.2) is 4.98 Å². The van der Waals surface area contributed by atoms with Gasteiger partial charge >= 0.3 is 0 Å². The molecule has 0 unspecified atom stereocenters. The Morgan fingerprint density at radius 2 is 2.30 bits per heavy atom. The van der Waals surface area contributed by atoms with E-state index in [1.54, 1.807) is 6.92 Å². The minimum Gasteiger partial charge on any atom is -0.308 e. The van der Waals surface area contributed by atoms with Crippen molar-refractivity contribution in [1.29, 1.82) is 5.26 Å². The Morgan fingerprint density at radius 3 is 3.00 bits per heavy atom. The second-order valence-corrected chi connectivity index (χ2v) is 4.62. The van der Waals surface area contributed by atoms with Crippen molar-refractivity contribution < 1.29 is 4.79 Å². The number of amides is 1. The summed E-state index contributed by atoms with van der Waals surface area (Å²) < 4.78 is 1.31. The Morgan fingerprint density at radius 1 is 1.55 bits per heavy atom. The predicted molar refractivity (Wildman–Crippen MR) is 72.4 cm³/mol. The maximum Gasteiger partial charge on any atom is 0.245 e. The van der Waals surface area contributed by atoms with E-state index < -0.39 is 5.91 Å². The molecule has 1 N–H and O–H groups in total. The van der Waals surface area contributed by atoms with Gasteiger partial charge in [0, 0.05) is 6.20 Å². The molecule has 2 heterocycles. The molecule has 0 aliphatic heterocycles. The van der Waals surface area contributed by atoms with Crippen molar-refractivity contribution in [3.8, 4) is 6.07 Å². The highest BCUT2D eigenvalue weighted by molar-refractivity contribution is 6.37. The van der Waals surface area contributed by atoms with Crippen LogP contribution >= 0.6 is 23.2 Å². The third-order valence-corrected chi connectivity index (χ3v) is 3.33. The van der Waals surface area contributed by atoms with Crippen LogP contribution in [0.15, 0.2) is 12.5 Å². The molecule has 7 nitrogen and oxygen atoms in total. The standard InChI is InChI=1S/C11H8Cl2N6O/c1-6-7(12)3-15-11(10(6)13)17-9(20)4-19-5-16-18-8(19)2-14/h3,5H,4H2,1H3,(H,15,17,20). The summed E-state index contributed by atoms with van der Waals surface area (Å²) in [6, 6.07) is 1.82. The first-order chi connectivity index (χ1) is 9.52. The SMILES string of the molecule is Cc1c(Cl)cnc(NC(=O)Cn2cnnc2C#N)c1Cl. The van der Waals surface area contributed by atoms with Gasteiger partial charge in [-0.05, 0) is 12.5 Å². The maximum absolute atomic E-state index is 11.9. The second kappa shape index (κ2) is 5.86. The van der Waals surface area contributed by atoms with Gasteiger partial charge in [0.25, 0.3) is 0 Å². The monoisotopic (exact) mass is 310 g/mol. The number of nitrogens with zero attached hydrogens (tertiary/aromatic N) is 5. The van der Waals surface area contributed by atoms with Gasteiger partial charge in [0.2, 0.25) is 11.7 Å². The van der Waals surface area contributed by atoms with Crippen molar-refractivity contribution in [1.82, 2.24) is 19.7 Å². The number of hydrogen-bond acceptors (Lipinski definition) is 5. The van der Waals surface area contributed by atoms with Crippen LogP contribution in [0.1, 0.15) is 11.4 Å². The molecule has 0 spiro atoms. The summed E-state index contributed by atoms with van der Waals surface area (Å²) in [5, 5.41) is 19.1. The van der Waals surface area contributed by atoms with Crippen LogP contribution in [0.25, 0.3) is 0 Å². The van der Waals surface area contributed by atoms with Crippen LogP contribution in [0.2, 0.25) is 10.0 Å². The Hall–Kier alpha value is -2.17. The summed E-state index contributed by atoms with van der Waals surface area (Å²) in [7, 11) is 0. The fourth-order valence-corrected chi connectivity index (χ4v) is 1.82. The lowest BCUT2D eigenvalue weighted by atomic mass is 10.3. The van der Waals surface area contributed by atoms with Gasteiger partial charge in [-0.15, -0.1) is 10.2 Å². The molecule has 20 heavy (non-hydrogen) atoms. The van der Waals surface area contributed by atoms with Crippen molar-refractivity contribution in [3.05, 3.63) is 34.0 Å². The van der Waals surface area contributed by atoms with Crippen molar-refractivity contribution in [2.75, 3.05) is 5.32 Å².